The Bertz CT molecular complexity index is 1310. The lowest BCUT2D eigenvalue weighted by molar-refractivity contribution is 0.0546. The Labute approximate surface area is 211 Å². The molecule has 0 saturated carbocycles. The van der Waals surface area contributed by atoms with E-state index >= 15 is 0 Å². The van der Waals surface area contributed by atoms with Gasteiger partial charge in [0, 0.05) is 35.4 Å². The van der Waals surface area contributed by atoms with Gasteiger partial charge in [-0.1, -0.05) is 18.2 Å². The van der Waals surface area contributed by atoms with E-state index in [0.717, 1.165) is 44.8 Å². The number of hydrogen-bond donors (Lipinski definition) is 2. The van der Waals surface area contributed by atoms with Crippen LogP contribution in [0.4, 0.5) is 0 Å². The van der Waals surface area contributed by atoms with Gasteiger partial charge in [-0.3, -0.25) is 0 Å². The van der Waals surface area contributed by atoms with Crippen LogP contribution < -0.4 is 9.47 Å². The molecule has 0 atom stereocenters. The lowest BCUT2D eigenvalue weighted by atomic mass is 9.93. The first kappa shape index (κ1) is 25.3. The second-order valence-electron chi connectivity index (χ2n) is 9.60. The molecule has 0 bridgehead atoms. The van der Waals surface area contributed by atoms with E-state index in [1.54, 1.807) is 13.8 Å². The topological polar surface area (TPSA) is 97.8 Å². The maximum absolute atomic E-state index is 9.91. The van der Waals surface area contributed by atoms with Gasteiger partial charge >= 0.3 is 0 Å². The van der Waals surface area contributed by atoms with Crippen molar-refractivity contribution in [3.8, 4) is 40.0 Å². The summed E-state index contributed by atoms with van der Waals surface area (Å²) < 4.78 is 16.9. The average Bonchev–Trinajstić information content (AvgIpc) is 3.25. The fraction of sp³-hybridized carbons (Fsp3) is 0.310. The van der Waals surface area contributed by atoms with Crippen molar-refractivity contribution in [3.63, 3.8) is 0 Å². The maximum atomic E-state index is 9.91. The van der Waals surface area contributed by atoms with Gasteiger partial charge in [-0.25, -0.2) is 4.98 Å². The van der Waals surface area contributed by atoms with Gasteiger partial charge in [0.15, 0.2) is 5.76 Å². The molecule has 4 aromatic rings. The van der Waals surface area contributed by atoms with Gasteiger partial charge in [-0.05, 0) is 86.3 Å². The van der Waals surface area contributed by atoms with Crippen LogP contribution in [0, 0.1) is 20.8 Å². The third-order valence-electron chi connectivity index (χ3n) is 6.08. The van der Waals surface area contributed by atoms with Crippen LogP contribution in [0.15, 0.2) is 59.1 Å². The monoisotopic (exact) mass is 488 g/mol. The number of ether oxygens (including phenoxy) is 2. The summed E-state index contributed by atoms with van der Waals surface area (Å²) in [7, 11) is 0. The molecular weight excluding hydrogens is 456 g/mol. The smallest absolute Gasteiger partial charge is 0.252 e. The molecular formula is C29H32N2O5. The Balaban J connectivity index is 1.48. The molecule has 0 amide bonds. The summed E-state index contributed by atoms with van der Waals surface area (Å²) in [5.41, 5.74) is 6.42. The molecule has 0 saturated heterocycles. The molecule has 0 radical (unpaired) electrons. The van der Waals surface area contributed by atoms with E-state index in [1.807, 2.05) is 43.3 Å². The minimum absolute atomic E-state index is 0.144. The van der Waals surface area contributed by atoms with Gasteiger partial charge in [0.05, 0.1) is 12.2 Å². The zero-order valence-corrected chi connectivity index (χ0v) is 21.3. The van der Waals surface area contributed by atoms with Crippen molar-refractivity contribution in [1.29, 1.82) is 0 Å². The summed E-state index contributed by atoms with van der Waals surface area (Å²) in [6.45, 7) is 10.5. The van der Waals surface area contributed by atoms with E-state index in [0.29, 0.717) is 31.3 Å². The standard InChI is InChI=1S/C29H32N2O5/c1-18-15-27(34-14-13-29(4,5)33)30-20(3)28(18)24-8-6-7-22(19(24)2)17-35-23-11-9-21(10-12-23)25-16-26(32)31-36-25/h6-12,15-16,33H,13-14,17H2,1-5H3,(H,31,32). The van der Waals surface area contributed by atoms with Gasteiger partial charge in [-0.2, -0.15) is 0 Å². The van der Waals surface area contributed by atoms with Crippen LogP contribution >= 0.6 is 0 Å². The number of benzene rings is 2. The zero-order chi connectivity index (χ0) is 25.9. The predicted molar refractivity (Wildman–Crippen MR) is 138 cm³/mol. The molecule has 4 rings (SSSR count). The van der Waals surface area contributed by atoms with Gasteiger partial charge < -0.3 is 24.2 Å². The third kappa shape index (κ3) is 6.04. The number of aryl methyl sites for hydroxylation is 2. The molecule has 2 heterocycles. The second kappa shape index (κ2) is 10.4. The van der Waals surface area contributed by atoms with Crippen molar-refractivity contribution in [3.05, 3.63) is 77.0 Å². The summed E-state index contributed by atoms with van der Waals surface area (Å²) in [5.74, 6) is 1.65. The van der Waals surface area contributed by atoms with E-state index < -0.39 is 5.60 Å². The number of rotatable bonds is 9. The summed E-state index contributed by atoms with van der Waals surface area (Å²) in [4.78, 5) is 4.67. The molecule has 0 unspecified atom stereocenters. The van der Waals surface area contributed by atoms with Crippen LogP contribution in [0.3, 0.4) is 0 Å². The fourth-order valence-electron chi connectivity index (χ4n) is 4.07. The van der Waals surface area contributed by atoms with E-state index in [-0.39, 0.29) is 5.88 Å². The van der Waals surface area contributed by atoms with Crippen molar-refractivity contribution < 1.29 is 24.2 Å². The lowest BCUT2D eigenvalue weighted by Crippen LogP contribution is -2.22. The van der Waals surface area contributed by atoms with Crippen LogP contribution in [0.1, 0.15) is 42.7 Å². The number of aliphatic hydroxyl groups is 1. The highest BCUT2D eigenvalue weighted by molar-refractivity contribution is 5.74. The first-order valence-electron chi connectivity index (χ1n) is 11.9. The number of nitrogens with zero attached hydrogens (tertiary/aromatic N) is 2. The Kier molecular flexibility index (Phi) is 7.31. The van der Waals surface area contributed by atoms with E-state index in [4.69, 9.17) is 14.0 Å². The predicted octanol–water partition coefficient (Wildman–Crippen LogP) is 6.15. The first-order valence-corrected chi connectivity index (χ1v) is 11.9. The lowest BCUT2D eigenvalue weighted by Gasteiger charge is -2.19. The van der Waals surface area contributed by atoms with Gasteiger partial charge in [-0.15, -0.1) is 0 Å². The number of pyridine rings is 1. The van der Waals surface area contributed by atoms with Crippen molar-refractivity contribution in [2.45, 2.75) is 53.2 Å². The molecule has 0 spiro atoms. The molecule has 36 heavy (non-hydrogen) atoms. The molecule has 7 nitrogen and oxygen atoms in total. The number of aromatic nitrogens is 2. The third-order valence-corrected chi connectivity index (χ3v) is 6.08. The second-order valence-corrected chi connectivity index (χ2v) is 9.60. The SMILES string of the molecule is Cc1cc(OCCC(C)(C)O)nc(C)c1-c1cccc(COc2ccc(-c3cc(O)no3)cc2)c1C. The molecule has 2 aromatic carbocycles. The number of hydrogen-bond acceptors (Lipinski definition) is 7. The fourth-order valence-corrected chi connectivity index (χ4v) is 4.07. The van der Waals surface area contributed by atoms with Crippen molar-refractivity contribution in [2.75, 3.05) is 6.61 Å². The van der Waals surface area contributed by atoms with E-state index in [2.05, 4.69) is 36.1 Å². The molecule has 0 aliphatic carbocycles. The Morgan fingerprint density at radius 2 is 1.72 bits per heavy atom. The van der Waals surface area contributed by atoms with Crippen LogP contribution in [0.5, 0.6) is 17.5 Å². The van der Waals surface area contributed by atoms with Crippen molar-refractivity contribution >= 4 is 0 Å². The van der Waals surface area contributed by atoms with Crippen LogP contribution in [-0.4, -0.2) is 32.6 Å². The van der Waals surface area contributed by atoms with Gasteiger partial charge in [0.25, 0.3) is 5.88 Å². The molecule has 2 N–H and O–H groups in total. The summed E-state index contributed by atoms with van der Waals surface area (Å²) in [5, 5.41) is 22.8. The van der Waals surface area contributed by atoms with Crippen molar-refractivity contribution in [2.24, 2.45) is 0 Å². The van der Waals surface area contributed by atoms with Gasteiger partial charge in [0.1, 0.15) is 12.4 Å². The normalized spacial score (nSPS) is 11.5. The van der Waals surface area contributed by atoms with Crippen molar-refractivity contribution in [1.82, 2.24) is 10.1 Å². The minimum Gasteiger partial charge on any atom is -0.491 e. The summed E-state index contributed by atoms with van der Waals surface area (Å²) in [6, 6.07) is 17.1. The highest BCUT2D eigenvalue weighted by Gasteiger charge is 2.16. The number of aromatic hydroxyl groups is 1. The summed E-state index contributed by atoms with van der Waals surface area (Å²) in [6.07, 6.45) is 0.530. The molecule has 2 aromatic heterocycles. The first-order chi connectivity index (χ1) is 17.1. The largest absolute Gasteiger partial charge is 0.491 e. The van der Waals surface area contributed by atoms with Crippen LogP contribution in [-0.2, 0) is 6.61 Å². The average molecular weight is 489 g/mol. The Morgan fingerprint density at radius 1 is 0.972 bits per heavy atom. The minimum atomic E-state index is -0.771. The molecule has 7 heteroatoms. The molecule has 0 fully saturated rings. The Hall–Kier alpha value is -3.84. The maximum Gasteiger partial charge on any atom is 0.252 e. The Morgan fingerprint density at radius 3 is 2.36 bits per heavy atom. The molecule has 0 aliphatic heterocycles. The summed E-state index contributed by atoms with van der Waals surface area (Å²) >= 11 is 0. The highest BCUT2D eigenvalue weighted by Crippen LogP contribution is 2.33. The molecule has 0 aliphatic rings. The van der Waals surface area contributed by atoms with E-state index in [1.165, 1.54) is 6.07 Å². The highest BCUT2D eigenvalue weighted by atomic mass is 16.5. The van der Waals surface area contributed by atoms with E-state index in [9.17, 15) is 10.2 Å². The van der Waals surface area contributed by atoms with Crippen LogP contribution in [0.25, 0.3) is 22.5 Å². The quantitative estimate of drug-likeness (QED) is 0.291. The molecule has 188 valence electrons. The zero-order valence-electron chi connectivity index (χ0n) is 21.3. The van der Waals surface area contributed by atoms with Crippen LogP contribution in [0.2, 0.25) is 0 Å². The van der Waals surface area contributed by atoms with Gasteiger partial charge in [0.2, 0.25) is 5.88 Å².